The zero-order valence-electron chi connectivity index (χ0n) is 49.3. The lowest BCUT2D eigenvalue weighted by Gasteiger charge is -2.45. The molecule has 10 aromatic carbocycles. The zero-order chi connectivity index (χ0) is 56.1. The summed E-state index contributed by atoms with van der Waals surface area (Å²) < 4.78 is 6.43. The van der Waals surface area contributed by atoms with E-state index in [2.05, 4.69) is 246 Å². The van der Waals surface area contributed by atoms with Gasteiger partial charge in [0.15, 0.2) is 0 Å². The normalized spacial score (nSPS) is 17.8. The van der Waals surface area contributed by atoms with Crippen LogP contribution in [0.5, 0.6) is 0 Å². The topological polar surface area (TPSA) is 22.9 Å². The van der Waals surface area contributed by atoms with Gasteiger partial charge in [-0.25, -0.2) is 0 Å². The summed E-state index contributed by atoms with van der Waals surface area (Å²) in [7, 11) is 0. The third-order valence-electron chi connectivity index (χ3n) is 20.0. The van der Waals surface area contributed by atoms with E-state index in [1.807, 2.05) is 6.07 Å². The first-order chi connectivity index (χ1) is 39.9. The smallest absolute Gasteiger partial charge is 0.252 e. The molecule has 4 nitrogen and oxygen atoms in total. The third-order valence-corrected chi connectivity index (χ3v) is 20.0. The summed E-state index contributed by atoms with van der Waals surface area (Å²) in [5, 5.41) is 5.89. The van der Waals surface area contributed by atoms with Crippen LogP contribution in [-0.4, -0.2) is 6.71 Å². The van der Waals surface area contributed by atoms with Crippen molar-refractivity contribution in [3.05, 3.63) is 226 Å². The summed E-state index contributed by atoms with van der Waals surface area (Å²) in [5.74, 6) is 0.884. The quantitative estimate of drug-likeness (QED) is 0.155. The van der Waals surface area contributed by atoms with Gasteiger partial charge in [0.25, 0.3) is 6.71 Å². The molecule has 5 heteroatoms. The molecule has 0 unspecified atom stereocenters. The maximum Gasteiger partial charge on any atom is 0.252 e. The summed E-state index contributed by atoms with van der Waals surface area (Å²) in [6.07, 6.45) is 8.68. The van der Waals surface area contributed by atoms with E-state index in [-0.39, 0.29) is 28.4 Å². The molecule has 0 fully saturated rings. The van der Waals surface area contributed by atoms with Crippen LogP contribution < -0.4 is 31.1 Å². The van der Waals surface area contributed by atoms with Gasteiger partial charge in [0.2, 0.25) is 0 Å². The van der Waals surface area contributed by atoms with E-state index in [1.165, 1.54) is 117 Å². The highest BCUT2D eigenvalue weighted by Gasteiger charge is 2.47. The van der Waals surface area contributed by atoms with Crippen molar-refractivity contribution in [2.24, 2.45) is 21.7 Å². The molecule has 406 valence electrons. The van der Waals surface area contributed by atoms with Gasteiger partial charge in [-0.3, -0.25) is 0 Å². The molecular formula is C78H70BN3O. The fourth-order valence-electron chi connectivity index (χ4n) is 16.6. The number of benzene rings is 10. The molecule has 83 heavy (non-hydrogen) atoms. The Hall–Kier alpha value is -8.28. The van der Waals surface area contributed by atoms with Crippen molar-refractivity contribution in [2.45, 2.75) is 107 Å². The van der Waals surface area contributed by atoms with Crippen molar-refractivity contribution in [3.63, 3.8) is 0 Å². The molecule has 0 saturated carbocycles. The fraction of sp³-hybridized carbons (Fsp3) is 0.256. The Morgan fingerprint density at radius 1 is 0.373 bits per heavy atom. The number of nitrogens with zero attached hydrogens (tertiary/aromatic N) is 3. The second-order valence-corrected chi connectivity index (χ2v) is 29.1. The second-order valence-electron chi connectivity index (χ2n) is 29.1. The Bertz CT molecular complexity index is 4420. The van der Waals surface area contributed by atoms with Gasteiger partial charge in [-0.15, -0.1) is 0 Å². The lowest BCUT2D eigenvalue weighted by Crippen LogP contribution is -2.61. The molecule has 0 N–H and O–H groups in total. The van der Waals surface area contributed by atoms with E-state index in [0.717, 1.165) is 90.7 Å². The fourth-order valence-corrected chi connectivity index (χ4v) is 16.6. The minimum atomic E-state index is 0.0175. The van der Waals surface area contributed by atoms with E-state index in [9.17, 15) is 0 Å². The Balaban J connectivity index is 0.961. The summed E-state index contributed by atoms with van der Waals surface area (Å²) >= 11 is 0. The van der Waals surface area contributed by atoms with Crippen LogP contribution in [0.2, 0.25) is 0 Å². The number of anilines is 9. The van der Waals surface area contributed by atoms with Crippen LogP contribution in [0.4, 0.5) is 51.2 Å². The molecular weight excluding hydrogens is 1010 g/mol. The molecule has 0 atom stereocenters. The number of para-hydroxylation sites is 1. The second kappa shape index (κ2) is 17.2. The van der Waals surface area contributed by atoms with Crippen molar-refractivity contribution in [2.75, 3.05) is 14.7 Å². The standard InChI is InChI=1S/C78H70BN3O/c1-75(2)39-52-23-26-61(30-54(52)41-75)81-68-34-58-45-77(5,6)43-56(58)32-65(68)79-66-33-57-44-78(7,8)46-59(57)35-69(66)82(62-27-24-53-40-76(3,4)42-55(53)31-62)71-38-63(37-70(81)74(71)79)80(67-18-13-16-47-14-9-11-17-64(47)67)60-25-22-48-28-51(21-20-49(48)29-60)73-36-50-15-10-12-19-72(50)83-73/h9-38H,39-46H2,1-8H3. The van der Waals surface area contributed by atoms with Gasteiger partial charge in [0, 0.05) is 56.1 Å². The SMILES string of the molecule is CC1(C)Cc2ccc(N3c4cc5c(cc4B4c6cc7c(cc6N(c6ccc8c(c6)CC(C)(C)C8)c6cc(N(c8ccc9cc(-c%10cc%11ccccc%11o%10)ccc9c8)c8cccc9ccccc89)cc3c64)CC(C)(C)C7)CC(C)(C)C5)cc2C1. The molecule has 0 bridgehead atoms. The Labute approximate surface area is 489 Å². The molecule has 3 heterocycles. The number of fused-ring (bicyclic) bond motifs is 11. The van der Waals surface area contributed by atoms with E-state index in [1.54, 1.807) is 0 Å². The highest BCUT2D eigenvalue weighted by molar-refractivity contribution is 7.00. The van der Waals surface area contributed by atoms with Crippen LogP contribution in [0.1, 0.15) is 99.9 Å². The maximum atomic E-state index is 6.43. The molecule has 0 amide bonds. The van der Waals surface area contributed by atoms with E-state index < -0.39 is 0 Å². The van der Waals surface area contributed by atoms with Crippen LogP contribution in [0.3, 0.4) is 0 Å². The summed E-state index contributed by atoms with van der Waals surface area (Å²) in [4.78, 5) is 8.02. The molecule has 0 spiro atoms. The molecule has 17 rings (SSSR count). The highest BCUT2D eigenvalue weighted by atomic mass is 16.3. The van der Waals surface area contributed by atoms with Crippen molar-refractivity contribution < 1.29 is 4.42 Å². The number of hydrogen-bond donors (Lipinski definition) is 0. The van der Waals surface area contributed by atoms with E-state index >= 15 is 0 Å². The van der Waals surface area contributed by atoms with Crippen LogP contribution in [0, 0.1) is 21.7 Å². The van der Waals surface area contributed by atoms with Crippen LogP contribution in [0.15, 0.2) is 186 Å². The van der Waals surface area contributed by atoms with Gasteiger partial charge in [-0.05, 0) is 235 Å². The monoisotopic (exact) mass is 1080 g/mol. The van der Waals surface area contributed by atoms with Gasteiger partial charge >= 0.3 is 0 Å². The van der Waals surface area contributed by atoms with Crippen molar-refractivity contribution in [1.82, 2.24) is 0 Å². The lowest BCUT2D eigenvalue weighted by molar-refractivity contribution is 0.392. The molecule has 6 aliphatic rings. The zero-order valence-corrected chi connectivity index (χ0v) is 49.3. The van der Waals surface area contributed by atoms with E-state index in [4.69, 9.17) is 4.42 Å². The lowest BCUT2D eigenvalue weighted by atomic mass is 9.33. The van der Waals surface area contributed by atoms with Gasteiger partial charge in [0.1, 0.15) is 11.3 Å². The Morgan fingerprint density at radius 2 is 0.867 bits per heavy atom. The Morgan fingerprint density at radius 3 is 1.46 bits per heavy atom. The van der Waals surface area contributed by atoms with Crippen LogP contribution in [-0.2, 0) is 51.4 Å². The summed E-state index contributed by atoms with van der Waals surface area (Å²) in [6.45, 7) is 19.7. The molecule has 1 aromatic heterocycles. The van der Waals surface area contributed by atoms with Crippen LogP contribution in [0.25, 0.3) is 43.8 Å². The first kappa shape index (κ1) is 49.3. The highest BCUT2D eigenvalue weighted by Crippen LogP contribution is 2.53. The summed E-state index contributed by atoms with van der Waals surface area (Å²) in [5.41, 5.74) is 30.0. The van der Waals surface area contributed by atoms with Gasteiger partial charge in [0.05, 0.1) is 11.4 Å². The molecule has 4 aliphatic carbocycles. The maximum absolute atomic E-state index is 6.43. The number of rotatable bonds is 6. The predicted molar refractivity (Wildman–Crippen MR) is 350 cm³/mol. The van der Waals surface area contributed by atoms with E-state index in [0.29, 0.717) is 0 Å². The molecule has 0 saturated heterocycles. The average molecular weight is 1080 g/mol. The van der Waals surface area contributed by atoms with Gasteiger partial charge < -0.3 is 19.1 Å². The number of hydrogen-bond acceptors (Lipinski definition) is 4. The summed E-state index contributed by atoms with van der Waals surface area (Å²) in [6, 6.07) is 70.9. The van der Waals surface area contributed by atoms with Crippen LogP contribution >= 0.6 is 0 Å². The molecule has 11 aromatic rings. The largest absolute Gasteiger partial charge is 0.456 e. The van der Waals surface area contributed by atoms with Crippen molar-refractivity contribution in [3.8, 4) is 11.3 Å². The molecule has 2 aliphatic heterocycles. The Kier molecular flexibility index (Phi) is 10.2. The van der Waals surface area contributed by atoms with Gasteiger partial charge in [-0.1, -0.05) is 152 Å². The van der Waals surface area contributed by atoms with Crippen molar-refractivity contribution >= 4 is 107 Å². The first-order valence-electron chi connectivity index (χ1n) is 30.6. The van der Waals surface area contributed by atoms with Crippen molar-refractivity contribution in [1.29, 1.82) is 0 Å². The minimum Gasteiger partial charge on any atom is -0.456 e. The molecule has 0 radical (unpaired) electrons. The van der Waals surface area contributed by atoms with Gasteiger partial charge in [-0.2, -0.15) is 0 Å². The third kappa shape index (κ3) is 7.86. The predicted octanol–water partition coefficient (Wildman–Crippen LogP) is 18.5. The number of furan rings is 1. The average Bonchev–Trinajstić information content (AvgIpc) is 2.22. The minimum absolute atomic E-state index is 0.0175. The first-order valence-corrected chi connectivity index (χ1v) is 30.6.